The first kappa shape index (κ1) is 23.5. The first-order valence-electron chi connectivity index (χ1n) is 10.7. The van der Waals surface area contributed by atoms with Gasteiger partial charge in [0.05, 0.1) is 30.8 Å². The number of nitrogens with zero attached hydrogens (tertiary/aromatic N) is 3. The molecule has 0 aliphatic heterocycles. The number of hydrogen-bond acceptors (Lipinski definition) is 7. The fourth-order valence-corrected chi connectivity index (χ4v) is 3.87. The quantitative estimate of drug-likeness (QED) is 0.147. The Kier molecular flexibility index (Phi) is 6.77. The molecule has 0 saturated carbocycles. The standard InChI is InChI=1S/C26H24N4O5/c1-16-28-22-10-6-9-21(25(31)33-2)23(22)30(16)15-17-11-13-18(14-12-17)19-7-4-5-8-20(19)24(27)29-35-26(32)34-3/h4-14H,15H2,1-3H3,(H2,27,29). The van der Waals surface area contributed by atoms with Crippen molar-refractivity contribution in [3.05, 3.63) is 89.2 Å². The predicted molar refractivity (Wildman–Crippen MR) is 131 cm³/mol. The monoisotopic (exact) mass is 472 g/mol. The Morgan fingerprint density at radius 3 is 2.37 bits per heavy atom. The number of amidine groups is 1. The first-order valence-corrected chi connectivity index (χ1v) is 10.7. The summed E-state index contributed by atoms with van der Waals surface area (Å²) in [5, 5.41) is 3.66. The number of hydrogen-bond donors (Lipinski definition) is 1. The van der Waals surface area contributed by atoms with Gasteiger partial charge in [0.1, 0.15) is 5.82 Å². The van der Waals surface area contributed by atoms with E-state index >= 15 is 0 Å². The molecule has 9 heteroatoms. The van der Waals surface area contributed by atoms with Crippen molar-refractivity contribution in [2.75, 3.05) is 14.2 Å². The van der Waals surface area contributed by atoms with Gasteiger partial charge in [-0.2, -0.15) is 0 Å². The van der Waals surface area contributed by atoms with E-state index in [9.17, 15) is 9.59 Å². The summed E-state index contributed by atoms with van der Waals surface area (Å²) in [5.74, 6) is 0.436. The van der Waals surface area contributed by atoms with Crippen molar-refractivity contribution < 1.29 is 23.9 Å². The summed E-state index contributed by atoms with van der Waals surface area (Å²) in [6.45, 7) is 2.43. The van der Waals surface area contributed by atoms with Crippen LogP contribution in [0.25, 0.3) is 22.2 Å². The van der Waals surface area contributed by atoms with E-state index in [1.165, 1.54) is 14.2 Å². The summed E-state index contributed by atoms with van der Waals surface area (Å²) >= 11 is 0. The summed E-state index contributed by atoms with van der Waals surface area (Å²) < 4.78 is 11.4. The summed E-state index contributed by atoms with van der Waals surface area (Å²) in [6, 6.07) is 20.7. The number of esters is 1. The third kappa shape index (κ3) is 4.84. The number of imidazole rings is 1. The highest BCUT2D eigenvalue weighted by Gasteiger charge is 2.17. The van der Waals surface area contributed by atoms with Crippen molar-refractivity contribution in [2.24, 2.45) is 10.9 Å². The molecule has 0 aliphatic rings. The van der Waals surface area contributed by atoms with Crippen LogP contribution in [0.2, 0.25) is 0 Å². The molecule has 0 aliphatic carbocycles. The second-order valence-corrected chi connectivity index (χ2v) is 7.67. The maximum absolute atomic E-state index is 12.3. The highest BCUT2D eigenvalue weighted by molar-refractivity contribution is 6.03. The van der Waals surface area contributed by atoms with Crippen LogP contribution in [0.4, 0.5) is 4.79 Å². The van der Waals surface area contributed by atoms with E-state index in [1.54, 1.807) is 18.2 Å². The minimum absolute atomic E-state index is 0.0472. The number of oxime groups is 1. The van der Waals surface area contributed by atoms with Gasteiger partial charge in [0.25, 0.3) is 0 Å². The SMILES string of the molecule is COC(=O)O/N=C(\N)c1ccccc1-c1ccc(Cn2c(C)nc3cccc(C(=O)OC)c32)cc1. The number of rotatable bonds is 6. The number of benzene rings is 3. The number of methoxy groups -OCH3 is 2. The topological polar surface area (TPSA) is 118 Å². The van der Waals surface area contributed by atoms with Crippen molar-refractivity contribution in [2.45, 2.75) is 13.5 Å². The Hall–Kier alpha value is -4.66. The lowest BCUT2D eigenvalue weighted by atomic mass is 9.98. The molecule has 4 rings (SSSR count). The van der Waals surface area contributed by atoms with Crippen molar-refractivity contribution in [1.82, 2.24) is 9.55 Å². The number of carbonyl (C=O) groups is 2. The van der Waals surface area contributed by atoms with Crippen LogP contribution in [0.5, 0.6) is 0 Å². The second-order valence-electron chi connectivity index (χ2n) is 7.67. The molecule has 0 bridgehead atoms. The third-order valence-corrected chi connectivity index (χ3v) is 5.56. The van der Waals surface area contributed by atoms with Gasteiger partial charge >= 0.3 is 12.1 Å². The van der Waals surface area contributed by atoms with Crippen molar-refractivity contribution in [3.63, 3.8) is 0 Å². The molecule has 0 spiro atoms. The lowest BCUT2D eigenvalue weighted by Crippen LogP contribution is -2.16. The number of carbonyl (C=O) groups excluding carboxylic acids is 2. The van der Waals surface area contributed by atoms with Gasteiger partial charge in [-0.05, 0) is 35.7 Å². The maximum atomic E-state index is 12.3. The highest BCUT2D eigenvalue weighted by Crippen LogP contribution is 2.26. The zero-order valence-electron chi connectivity index (χ0n) is 19.5. The van der Waals surface area contributed by atoms with Gasteiger partial charge in [0, 0.05) is 12.1 Å². The number of para-hydroxylation sites is 1. The smallest absolute Gasteiger partial charge is 0.465 e. The Labute approximate surface area is 201 Å². The molecule has 0 atom stereocenters. The minimum Gasteiger partial charge on any atom is -0.465 e. The van der Waals surface area contributed by atoms with Gasteiger partial charge in [0.15, 0.2) is 5.84 Å². The molecule has 0 saturated heterocycles. The minimum atomic E-state index is -0.951. The van der Waals surface area contributed by atoms with Crippen molar-refractivity contribution in [3.8, 4) is 11.1 Å². The molecule has 1 heterocycles. The molecular weight excluding hydrogens is 448 g/mol. The number of ether oxygens (including phenoxy) is 2. The molecule has 2 N–H and O–H groups in total. The van der Waals surface area contributed by atoms with Gasteiger partial charge in [-0.1, -0.05) is 59.8 Å². The van der Waals surface area contributed by atoms with Crippen LogP contribution in [0.3, 0.4) is 0 Å². The van der Waals surface area contributed by atoms with Crippen molar-refractivity contribution >= 4 is 29.0 Å². The number of aryl methyl sites for hydroxylation is 1. The molecule has 0 amide bonds. The number of aromatic nitrogens is 2. The molecule has 178 valence electrons. The van der Waals surface area contributed by atoms with E-state index in [0.29, 0.717) is 17.7 Å². The van der Waals surface area contributed by atoms with E-state index in [-0.39, 0.29) is 5.84 Å². The van der Waals surface area contributed by atoms with E-state index in [2.05, 4.69) is 19.7 Å². The predicted octanol–water partition coefficient (Wildman–Crippen LogP) is 4.25. The molecule has 0 unspecified atom stereocenters. The van der Waals surface area contributed by atoms with Gasteiger partial charge in [-0.3, -0.25) is 4.84 Å². The summed E-state index contributed by atoms with van der Waals surface area (Å²) in [7, 11) is 2.55. The summed E-state index contributed by atoms with van der Waals surface area (Å²) in [4.78, 5) is 32.7. The summed E-state index contributed by atoms with van der Waals surface area (Å²) in [5.41, 5.74) is 11.4. The van der Waals surface area contributed by atoms with Crippen LogP contribution >= 0.6 is 0 Å². The van der Waals surface area contributed by atoms with Crippen LogP contribution in [0.1, 0.15) is 27.3 Å². The van der Waals surface area contributed by atoms with E-state index in [4.69, 9.17) is 10.5 Å². The molecule has 0 radical (unpaired) electrons. The van der Waals surface area contributed by atoms with E-state index in [1.807, 2.05) is 60.0 Å². The van der Waals surface area contributed by atoms with Gasteiger partial charge in [-0.25, -0.2) is 14.6 Å². The number of nitrogens with two attached hydrogens (primary N) is 1. The van der Waals surface area contributed by atoms with Gasteiger partial charge in [-0.15, -0.1) is 0 Å². The Morgan fingerprint density at radius 2 is 1.66 bits per heavy atom. The first-order chi connectivity index (χ1) is 16.9. The van der Waals surface area contributed by atoms with Gasteiger partial charge < -0.3 is 19.8 Å². The molecule has 35 heavy (non-hydrogen) atoms. The van der Waals surface area contributed by atoms with Crippen LogP contribution in [0, 0.1) is 6.92 Å². The molecule has 4 aromatic rings. The second kappa shape index (κ2) is 10.1. The maximum Gasteiger partial charge on any atom is 0.534 e. The van der Waals surface area contributed by atoms with E-state index in [0.717, 1.165) is 33.5 Å². The van der Waals surface area contributed by atoms with Gasteiger partial charge in [0.2, 0.25) is 0 Å². The van der Waals surface area contributed by atoms with Crippen LogP contribution in [-0.2, 0) is 20.9 Å². The van der Waals surface area contributed by atoms with E-state index < -0.39 is 12.1 Å². The molecule has 0 fully saturated rings. The molecule has 1 aromatic heterocycles. The fourth-order valence-electron chi connectivity index (χ4n) is 3.87. The highest BCUT2D eigenvalue weighted by atomic mass is 16.8. The summed E-state index contributed by atoms with van der Waals surface area (Å²) in [6.07, 6.45) is -0.951. The Morgan fingerprint density at radius 1 is 0.943 bits per heavy atom. The normalized spacial score (nSPS) is 11.3. The van der Waals surface area contributed by atoms with Crippen molar-refractivity contribution in [1.29, 1.82) is 0 Å². The largest absolute Gasteiger partial charge is 0.534 e. The lowest BCUT2D eigenvalue weighted by molar-refractivity contribution is 0.0602. The van der Waals surface area contributed by atoms with Crippen LogP contribution in [0.15, 0.2) is 71.9 Å². The van der Waals surface area contributed by atoms with Crippen LogP contribution < -0.4 is 5.73 Å². The third-order valence-electron chi connectivity index (χ3n) is 5.56. The average Bonchev–Trinajstić information content (AvgIpc) is 3.21. The molecular formula is C26H24N4O5. The number of fused-ring (bicyclic) bond motifs is 1. The zero-order chi connectivity index (χ0) is 24.9. The Balaban J connectivity index is 1.65. The van der Waals surface area contributed by atoms with Crippen LogP contribution in [-0.4, -0.2) is 41.7 Å². The lowest BCUT2D eigenvalue weighted by Gasteiger charge is -2.12. The molecule has 9 nitrogen and oxygen atoms in total. The fraction of sp³-hybridized carbons (Fsp3) is 0.154. The average molecular weight is 473 g/mol. The zero-order valence-corrected chi connectivity index (χ0v) is 19.5. The molecule has 3 aromatic carbocycles. The Bertz CT molecular complexity index is 1420.